The summed E-state index contributed by atoms with van der Waals surface area (Å²) in [5.74, 6) is -13.7. The van der Waals surface area contributed by atoms with Gasteiger partial charge in [-0.25, -0.2) is 29.2 Å². The maximum absolute atomic E-state index is 14.1. The van der Waals surface area contributed by atoms with Crippen LogP contribution in [0.15, 0.2) is 141 Å². The van der Waals surface area contributed by atoms with E-state index in [0.29, 0.717) is 141 Å². The predicted octanol–water partition coefficient (Wildman–Crippen LogP) is 8.57. The zero-order valence-electron chi connectivity index (χ0n) is 60.9. The van der Waals surface area contributed by atoms with Crippen LogP contribution in [0.5, 0.6) is 0 Å². The number of carboxylic acids is 8. The number of aromatic nitrogens is 2. The van der Waals surface area contributed by atoms with Gasteiger partial charge in [0.25, 0.3) is 23.6 Å². The van der Waals surface area contributed by atoms with Gasteiger partial charge in [-0.1, -0.05) is 48.5 Å². The molecule has 13 rings (SSSR count). The molecule has 5 aliphatic carbocycles. The van der Waals surface area contributed by atoms with Gasteiger partial charge in [-0.05, 0) is 244 Å². The van der Waals surface area contributed by atoms with Crippen molar-refractivity contribution >= 4 is 105 Å². The number of amides is 4. The van der Waals surface area contributed by atoms with Crippen LogP contribution >= 0.6 is 0 Å². The number of nitrogens with one attached hydrogen (secondary N) is 6. The molecule has 28 nitrogen and oxygen atoms in total. The fourth-order valence-electron chi connectivity index (χ4n) is 16.3. The Bertz CT molecular complexity index is 4980. The maximum atomic E-state index is 14.1. The van der Waals surface area contributed by atoms with Gasteiger partial charge in [-0.15, -0.1) is 0 Å². The molecule has 4 heterocycles. The van der Waals surface area contributed by atoms with E-state index in [4.69, 9.17) is 9.98 Å². The first-order valence-electron chi connectivity index (χ1n) is 37.6. The van der Waals surface area contributed by atoms with Crippen molar-refractivity contribution in [2.45, 2.75) is 178 Å². The summed E-state index contributed by atoms with van der Waals surface area (Å²) < 4.78 is 0. The number of benzene rings is 4. The first kappa shape index (κ1) is 77.3. The van der Waals surface area contributed by atoms with Crippen molar-refractivity contribution in [3.63, 3.8) is 0 Å². The van der Waals surface area contributed by atoms with Gasteiger partial charge in [-0.3, -0.25) is 38.4 Å². The number of hydrogen-bond acceptors (Lipinski definition) is 14. The van der Waals surface area contributed by atoms with Gasteiger partial charge < -0.3 is 72.1 Å². The van der Waals surface area contributed by atoms with E-state index in [9.17, 15) is 98.4 Å². The molecular weight excluding hydrogens is 1440 g/mol. The van der Waals surface area contributed by atoms with Crippen LogP contribution in [0.2, 0.25) is 0 Å². The number of allylic oxidation sites excluding steroid dienone is 4. The molecule has 0 fully saturated rings. The Kier molecular flexibility index (Phi) is 22.9. The number of aromatic amines is 2. The number of H-pyrrole nitrogens is 2. The number of carbonyl (C=O) groups excluding carboxylic acids is 4. The Hall–Kier alpha value is -12.9. The molecule has 0 saturated carbocycles. The fourth-order valence-corrected chi connectivity index (χ4v) is 16.3. The Labute approximate surface area is 639 Å². The van der Waals surface area contributed by atoms with Crippen LogP contribution in [-0.2, 0) is 64.0 Å². The Morgan fingerprint density at radius 3 is 0.804 bits per heavy atom. The highest BCUT2D eigenvalue weighted by Crippen LogP contribution is 2.50. The molecule has 28 heteroatoms. The molecule has 6 aromatic rings. The SMILES string of the molecule is O=C(O)CC[C@H](NC(=O)c1ccc(C2=C3N=C(C4=C3CCCC4)C(c3ccc(C(=O)N[C@@H](CCC(=O)O)C(=O)O)cc3)=c3[nH]c(c4c3CCCC4)=C(c3ccc(C(=O)N[C@@H](CCC(=O)O)C(=O)O)cc3)C3=NC(=C(c4ccc(C(=O)N[C@@H](CCC(=O)O)C(=O)O)cc4)c4[nH]c2c2c4CCCC2)C2=C3CCCC2)cc1)C(=O)O. The summed E-state index contributed by atoms with van der Waals surface area (Å²) in [5, 5.41) is 89.7. The number of hydrogen-bond donors (Lipinski definition) is 14. The largest absolute Gasteiger partial charge is 0.481 e. The van der Waals surface area contributed by atoms with Crippen molar-refractivity contribution < 1.29 is 98.4 Å². The van der Waals surface area contributed by atoms with Crippen LogP contribution in [0.3, 0.4) is 0 Å². The number of carboxylic acid groups (broad SMARTS) is 8. The molecule has 112 heavy (non-hydrogen) atoms. The summed E-state index contributed by atoms with van der Waals surface area (Å²) in [6.45, 7) is 0. The number of nitrogens with zero attached hydrogens (tertiary/aromatic N) is 2. The predicted molar refractivity (Wildman–Crippen MR) is 406 cm³/mol. The molecule has 0 saturated heterocycles. The van der Waals surface area contributed by atoms with E-state index >= 15 is 0 Å². The first-order valence-corrected chi connectivity index (χ1v) is 37.6. The van der Waals surface area contributed by atoms with E-state index in [0.717, 1.165) is 95.9 Å². The van der Waals surface area contributed by atoms with Crippen molar-refractivity contribution in [3.8, 4) is 0 Å². The molecule has 0 radical (unpaired) electrons. The minimum Gasteiger partial charge on any atom is -0.481 e. The lowest BCUT2D eigenvalue weighted by Gasteiger charge is -2.20. The Morgan fingerprint density at radius 1 is 0.304 bits per heavy atom. The molecule has 4 atom stereocenters. The van der Waals surface area contributed by atoms with Crippen molar-refractivity contribution in [1.82, 2.24) is 31.2 Å². The normalized spacial score (nSPS) is 16.8. The van der Waals surface area contributed by atoms with E-state index < -0.39 is 121 Å². The second-order valence-corrected chi connectivity index (χ2v) is 29.0. The van der Waals surface area contributed by atoms with Gasteiger partial charge in [0.15, 0.2) is 0 Å². The van der Waals surface area contributed by atoms with Crippen LogP contribution < -0.4 is 32.0 Å². The second kappa shape index (κ2) is 33.1. The average molecular weight is 1520 g/mol. The molecule has 8 bridgehead atoms. The molecule has 7 aliphatic rings. The highest BCUT2D eigenvalue weighted by molar-refractivity contribution is 6.35. The average Bonchev–Trinajstić information content (AvgIpc) is 1.56. The lowest BCUT2D eigenvalue weighted by Crippen LogP contribution is -2.41. The van der Waals surface area contributed by atoms with E-state index in [1.165, 1.54) is 0 Å². The summed E-state index contributed by atoms with van der Waals surface area (Å²) in [7, 11) is 0. The third kappa shape index (κ3) is 16.2. The minimum absolute atomic E-state index is 0.0798. The standard InChI is InChI=1S/C84H82N8O20/c93-61(94)37-33-57(81(105)106)85-77(101)45-25-17-41(18-26-45)65-69-49-9-1-2-10-50(49)70(89-69)66(42-19-27-46(28-20-42)78(102)86-58(82(107)108)34-38-62(95)96)72-53-13-5-6-14-54(53)74(91-72)68(44-23-31-48(32-24-44)80(104)88-60(84(111)112)36-40-64(99)100)76-56-16-8-7-15-55(56)75(92-76)67(73-52-12-4-3-11-51(52)71(65)90-73)43-21-29-47(30-22-43)79(103)87-59(83(109)110)35-39-63(97)98/h17-32,57-60,89,92H,1-16,33-40H2,(H,85,101)(H,86,102)(H,87,103)(H,88,104)(H,93,94)(H,95,96)(H,97,98)(H,99,100)(H,105,106)(H,107,108)(H,109,110)(H,111,112)/t57-,58-,59-,60-/m0/s1. The van der Waals surface area contributed by atoms with E-state index in [-0.39, 0.29) is 47.9 Å². The summed E-state index contributed by atoms with van der Waals surface area (Å²) in [4.78, 5) is 173. The summed E-state index contributed by atoms with van der Waals surface area (Å²) in [5.41, 5.74) is 16.6. The van der Waals surface area contributed by atoms with Crippen LogP contribution in [0.4, 0.5) is 0 Å². The molecular formula is C84H82N8O20. The third-order valence-electron chi connectivity index (χ3n) is 21.9. The zero-order valence-corrected chi connectivity index (χ0v) is 60.9. The van der Waals surface area contributed by atoms with Crippen LogP contribution in [0, 0.1) is 0 Å². The molecule has 578 valence electrons. The molecule has 2 aromatic heterocycles. The van der Waals surface area contributed by atoms with Crippen molar-refractivity contribution in [1.29, 1.82) is 0 Å². The van der Waals surface area contributed by atoms with Gasteiger partial charge in [0.2, 0.25) is 0 Å². The number of aliphatic carboxylic acids is 8. The summed E-state index contributed by atoms with van der Waals surface area (Å²) in [6, 6.07) is 20.6. The molecule has 2 aliphatic heterocycles. The lowest BCUT2D eigenvalue weighted by atomic mass is 9.82. The molecule has 14 N–H and O–H groups in total. The molecule has 0 unspecified atom stereocenters. The van der Waals surface area contributed by atoms with E-state index in [2.05, 4.69) is 31.2 Å². The van der Waals surface area contributed by atoms with Crippen LogP contribution in [0.1, 0.15) is 226 Å². The minimum atomic E-state index is -1.53. The fraction of sp³-hybridized carbons (Fsp3) is 0.333. The maximum Gasteiger partial charge on any atom is 0.326 e. The summed E-state index contributed by atoms with van der Waals surface area (Å²) in [6.07, 6.45) is 6.99. The van der Waals surface area contributed by atoms with Crippen molar-refractivity contribution in [2.75, 3.05) is 0 Å². The highest BCUT2D eigenvalue weighted by Gasteiger charge is 2.40. The van der Waals surface area contributed by atoms with Crippen LogP contribution in [-0.4, -0.2) is 158 Å². The Morgan fingerprint density at radius 2 is 0.545 bits per heavy atom. The zero-order chi connectivity index (χ0) is 79.3. The van der Waals surface area contributed by atoms with E-state index in [1.807, 2.05) is 0 Å². The smallest absolute Gasteiger partial charge is 0.326 e. The highest BCUT2D eigenvalue weighted by atomic mass is 16.4. The third-order valence-corrected chi connectivity index (χ3v) is 21.9. The second-order valence-electron chi connectivity index (χ2n) is 29.0. The summed E-state index contributed by atoms with van der Waals surface area (Å²) >= 11 is 0. The van der Waals surface area contributed by atoms with Gasteiger partial charge in [-0.2, -0.15) is 0 Å². The van der Waals surface area contributed by atoms with Gasteiger partial charge in [0.1, 0.15) is 24.2 Å². The Balaban J connectivity index is 1.13. The molecule has 4 amide bonds. The first-order chi connectivity index (χ1) is 53.8. The van der Waals surface area contributed by atoms with Gasteiger partial charge >= 0.3 is 47.8 Å². The van der Waals surface area contributed by atoms with Gasteiger partial charge in [0.05, 0.1) is 44.9 Å². The topological polar surface area (TPSA) is 471 Å². The monoisotopic (exact) mass is 1520 g/mol. The van der Waals surface area contributed by atoms with Gasteiger partial charge in [0, 0.05) is 70.2 Å². The number of aliphatic imine (C=N–C) groups is 2. The van der Waals surface area contributed by atoms with Crippen molar-refractivity contribution in [2.24, 2.45) is 9.98 Å². The quantitative estimate of drug-likeness (QED) is 0.0218. The lowest BCUT2D eigenvalue weighted by molar-refractivity contribution is -0.142. The number of carbonyl (C=O) groups is 12. The number of rotatable bonds is 28. The van der Waals surface area contributed by atoms with Crippen molar-refractivity contribution in [3.05, 3.63) is 220 Å². The van der Waals surface area contributed by atoms with Crippen LogP contribution in [0.25, 0.3) is 22.3 Å². The molecule has 4 aromatic carbocycles. The molecule has 0 spiro atoms. The van der Waals surface area contributed by atoms with E-state index in [1.54, 1.807) is 97.1 Å².